The van der Waals surface area contributed by atoms with Gasteiger partial charge in [-0.15, -0.1) is 0 Å². The summed E-state index contributed by atoms with van der Waals surface area (Å²) in [5.41, 5.74) is 1.14. The largest absolute Gasteiger partial charge is 0.494 e. The van der Waals surface area contributed by atoms with Crippen molar-refractivity contribution in [3.05, 3.63) is 78.2 Å². The van der Waals surface area contributed by atoms with Gasteiger partial charge in [-0.25, -0.2) is 17.8 Å². The van der Waals surface area contributed by atoms with Gasteiger partial charge in [0.15, 0.2) is 0 Å². The first-order valence-corrected chi connectivity index (χ1v) is 12.3. The first kappa shape index (κ1) is 23.7. The third-order valence-electron chi connectivity index (χ3n) is 5.43. The highest BCUT2D eigenvalue weighted by Crippen LogP contribution is 2.24. The number of amides is 1. The van der Waals surface area contributed by atoms with Crippen LogP contribution in [0.25, 0.3) is 0 Å². The lowest BCUT2D eigenvalue weighted by Gasteiger charge is -2.34. The summed E-state index contributed by atoms with van der Waals surface area (Å²) in [6.45, 7) is 3.14. The number of ether oxygens (including phenoxy) is 1. The van der Waals surface area contributed by atoms with Gasteiger partial charge in [-0.1, -0.05) is 6.07 Å². The van der Waals surface area contributed by atoms with Crippen molar-refractivity contribution < 1.29 is 22.3 Å². The lowest BCUT2D eigenvalue weighted by molar-refractivity contribution is 0.0698. The number of pyridine rings is 1. The molecule has 10 heteroatoms. The first-order valence-electron chi connectivity index (χ1n) is 10.9. The molecule has 4 rings (SSSR count). The second kappa shape index (κ2) is 10.2. The fourth-order valence-electron chi connectivity index (χ4n) is 3.69. The molecule has 0 saturated carbocycles. The van der Waals surface area contributed by atoms with E-state index >= 15 is 0 Å². The maximum atomic E-state index is 13.5. The average molecular weight is 485 g/mol. The summed E-state index contributed by atoms with van der Waals surface area (Å²) in [4.78, 5) is 19.0. The van der Waals surface area contributed by atoms with Crippen molar-refractivity contribution in [1.29, 1.82) is 0 Å². The van der Waals surface area contributed by atoms with Crippen LogP contribution in [0.15, 0.2) is 71.8 Å². The molecule has 1 N–H and O–H groups in total. The van der Waals surface area contributed by atoms with Crippen molar-refractivity contribution >= 4 is 27.4 Å². The monoisotopic (exact) mass is 484 g/mol. The van der Waals surface area contributed by atoms with Crippen LogP contribution in [0.1, 0.15) is 17.3 Å². The number of hydrogen-bond donors (Lipinski definition) is 1. The van der Waals surface area contributed by atoms with E-state index in [-0.39, 0.29) is 37.0 Å². The number of rotatable bonds is 7. The van der Waals surface area contributed by atoms with Gasteiger partial charge < -0.3 is 15.0 Å². The van der Waals surface area contributed by atoms with Crippen LogP contribution in [0.5, 0.6) is 5.75 Å². The van der Waals surface area contributed by atoms with Gasteiger partial charge in [-0.2, -0.15) is 4.31 Å². The number of nitrogens with zero attached hydrogens (tertiary/aromatic N) is 3. The van der Waals surface area contributed by atoms with Gasteiger partial charge in [0.25, 0.3) is 5.91 Å². The van der Waals surface area contributed by atoms with Crippen LogP contribution >= 0.6 is 0 Å². The van der Waals surface area contributed by atoms with Gasteiger partial charge in [0, 0.05) is 38.1 Å². The summed E-state index contributed by atoms with van der Waals surface area (Å²) < 4.78 is 45.9. The summed E-state index contributed by atoms with van der Waals surface area (Å²) in [5, 5.41) is 3.17. The van der Waals surface area contributed by atoms with E-state index in [9.17, 15) is 17.6 Å². The average Bonchev–Trinajstić information content (AvgIpc) is 2.85. The standard InChI is InChI=1S/C24H25FN4O4S/c1-2-33-20-10-8-19(9-11-20)27-23-22(7-4-12-26-23)24(30)28-13-15-29(16-14-28)34(31,32)21-6-3-5-18(25)17-21/h3-12,17H,2,13-16H2,1H3,(H,26,27). The molecule has 34 heavy (non-hydrogen) atoms. The lowest BCUT2D eigenvalue weighted by atomic mass is 10.2. The van der Waals surface area contributed by atoms with Crippen LogP contribution < -0.4 is 10.1 Å². The van der Waals surface area contributed by atoms with Gasteiger partial charge in [-0.3, -0.25) is 4.79 Å². The Morgan fingerprint density at radius 3 is 2.47 bits per heavy atom. The van der Waals surface area contributed by atoms with Crippen LogP contribution in [0, 0.1) is 5.82 Å². The molecule has 1 aliphatic heterocycles. The molecular weight excluding hydrogens is 459 g/mol. The minimum Gasteiger partial charge on any atom is -0.494 e. The van der Waals surface area contributed by atoms with E-state index in [0.29, 0.717) is 18.0 Å². The fraction of sp³-hybridized carbons (Fsp3) is 0.250. The number of carbonyl (C=O) groups excluding carboxylic acids is 1. The molecular formula is C24H25FN4O4S. The van der Waals surface area contributed by atoms with Crippen LogP contribution in [0.4, 0.5) is 15.9 Å². The zero-order chi connectivity index (χ0) is 24.1. The number of anilines is 2. The molecule has 1 aliphatic rings. The van der Waals surface area contributed by atoms with E-state index in [1.807, 2.05) is 31.2 Å². The van der Waals surface area contributed by atoms with Gasteiger partial charge >= 0.3 is 0 Å². The Bertz CT molecular complexity index is 1260. The zero-order valence-electron chi connectivity index (χ0n) is 18.6. The SMILES string of the molecule is CCOc1ccc(Nc2ncccc2C(=O)N2CCN(S(=O)(=O)c3cccc(F)c3)CC2)cc1. The quantitative estimate of drug-likeness (QED) is 0.552. The molecule has 178 valence electrons. The zero-order valence-corrected chi connectivity index (χ0v) is 19.5. The van der Waals surface area contributed by atoms with Crippen molar-refractivity contribution in [3.63, 3.8) is 0 Å². The van der Waals surface area contributed by atoms with E-state index in [0.717, 1.165) is 17.5 Å². The van der Waals surface area contributed by atoms with Crippen LogP contribution in [-0.2, 0) is 10.0 Å². The molecule has 0 unspecified atom stereocenters. The Balaban J connectivity index is 1.44. The second-order valence-corrected chi connectivity index (χ2v) is 9.57. The Labute approximate surface area is 198 Å². The normalized spacial score (nSPS) is 14.6. The fourth-order valence-corrected chi connectivity index (χ4v) is 5.15. The number of nitrogens with one attached hydrogen (secondary N) is 1. The number of sulfonamides is 1. The number of piperazine rings is 1. The van der Waals surface area contributed by atoms with Crippen molar-refractivity contribution in [3.8, 4) is 5.75 Å². The molecule has 1 fully saturated rings. The summed E-state index contributed by atoms with van der Waals surface area (Å²) in [6, 6.07) is 15.6. The minimum atomic E-state index is -3.83. The van der Waals surface area contributed by atoms with Crippen molar-refractivity contribution in [2.75, 3.05) is 38.1 Å². The van der Waals surface area contributed by atoms with Gasteiger partial charge in [0.1, 0.15) is 17.4 Å². The molecule has 2 heterocycles. The number of benzene rings is 2. The summed E-state index contributed by atoms with van der Waals surface area (Å²) in [7, 11) is -3.83. The molecule has 1 aromatic heterocycles. The number of halogens is 1. The van der Waals surface area contributed by atoms with Crippen LogP contribution in [0.3, 0.4) is 0 Å². The Morgan fingerprint density at radius 1 is 1.06 bits per heavy atom. The van der Waals surface area contributed by atoms with Crippen LogP contribution in [0.2, 0.25) is 0 Å². The molecule has 0 bridgehead atoms. The third-order valence-corrected chi connectivity index (χ3v) is 7.32. The molecule has 0 spiro atoms. The van der Waals surface area contributed by atoms with Crippen molar-refractivity contribution in [2.24, 2.45) is 0 Å². The molecule has 0 atom stereocenters. The molecule has 3 aromatic rings. The molecule has 1 saturated heterocycles. The molecule has 8 nitrogen and oxygen atoms in total. The van der Waals surface area contributed by atoms with Gasteiger partial charge in [0.2, 0.25) is 10.0 Å². The van der Waals surface area contributed by atoms with Crippen molar-refractivity contribution in [2.45, 2.75) is 11.8 Å². The molecule has 1 amide bonds. The molecule has 0 aliphatic carbocycles. The third kappa shape index (κ3) is 5.18. The van der Waals surface area contributed by atoms with E-state index in [4.69, 9.17) is 4.74 Å². The van der Waals surface area contributed by atoms with E-state index in [1.54, 1.807) is 23.2 Å². The van der Waals surface area contributed by atoms with Gasteiger partial charge in [-0.05, 0) is 61.5 Å². The Morgan fingerprint density at radius 2 is 1.79 bits per heavy atom. The second-order valence-electron chi connectivity index (χ2n) is 7.64. The first-order chi connectivity index (χ1) is 16.4. The van der Waals surface area contributed by atoms with E-state index < -0.39 is 15.8 Å². The predicted octanol–water partition coefficient (Wildman–Crippen LogP) is 3.51. The number of hydrogen-bond acceptors (Lipinski definition) is 6. The Kier molecular flexibility index (Phi) is 7.09. The van der Waals surface area contributed by atoms with Gasteiger partial charge in [0.05, 0.1) is 17.1 Å². The smallest absolute Gasteiger partial charge is 0.257 e. The van der Waals surface area contributed by atoms with E-state index in [1.165, 1.54) is 22.5 Å². The molecule has 2 aromatic carbocycles. The highest BCUT2D eigenvalue weighted by molar-refractivity contribution is 7.89. The summed E-state index contributed by atoms with van der Waals surface area (Å²) in [5.74, 6) is 0.297. The predicted molar refractivity (Wildman–Crippen MR) is 126 cm³/mol. The van der Waals surface area contributed by atoms with Crippen LogP contribution in [-0.4, -0.2) is 61.3 Å². The number of aromatic nitrogens is 1. The molecule has 0 radical (unpaired) electrons. The highest BCUT2D eigenvalue weighted by Gasteiger charge is 2.31. The lowest BCUT2D eigenvalue weighted by Crippen LogP contribution is -2.50. The number of carbonyl (C=O) groups is 1. The Hall–Kier alpha value is -3.50. The summed E-state index contributed by atoms with van der Waals surface area (Å²) >= 11 is 0. The summed E-state index contributed by atoms with van der Waals surface area (Å²) in [6.07, 6.45) is 1.59. The maximum Gasteiger partial charge on any atom is 0.257 e. The topological polar surface area (TPSA) is 91.8 Å². The van der Waals surface area contributed by atoms with E-state index in [2.05, 4.69) is 10.3 Å². The highest BCUT2D eigenvalue weighted by atomic mass is 32.2. The minimum absolute atomic E-state index is 0.0959. The van der Waals surface area contributed by atoms with Crippen molar-refractivity contribution in [1.82, 2.24) is 14.2 Å². The maximum absolute atomic E-state index is 13.5.